The van der Waals surface area contributed by atoms with Crippen molar-refractivity contribution in [3.8, 4) is 11.1 Å². The van der Waals surface area contributed by atoms with Crippen LogP contribution >= 0.6 is 0 Å². The van der Waals surface area contributed by atoms with Crippen molar-refractivity contribution in [3.05, 3.63) is 77.6 Å². The number of alkyl carbamates (subject to hydrolysis) is 1. The number of nitrogens with one attached hydrogen (secondary N) is 1. The zero-order valence-electron chi connectivity index (χ0n) is 17.6. The summed E-state index contributed by atoms with van der Waals surface area (Å²) >= 11 is 0. The second-order valence-electron chi connectivity index (χ2n) is 8.72. The van der Waals surface area contributed by atoms with Gasteiger partial charge in [0.1, 0.15) is 6.61 Å². The lowest BCUT2D eigenvalue weighted by Crippen LogP contribution is -2.47. The molecule has 2 aliphatic rings. The van der Waals surface area contributed by atoms with E-state index in [-0.39, 0.29) is 30.6 Å². The summed E-state index contributed by atoms with van der Waals surface area (Å²) in [5.41, 5.74) is 5.32. The van der Waals surface area contributed by atoms with E-state index in [2.05, 4.69) is 34.7 Å². The van der Waals surface area contributed by atoms with E-state index >= 15 is 0 Å². The molecule has 1 heterocycles. The fourth-order valence-corrected chi connectivity index (χ4v) is 5.11. The van der Waals surface area contributed by atoms with Gasteiger partial charge in [0.25, 0.3) is 0 Å². The molecular weight excluding hydrogens is 390 g/mol. The summed E-state index contributed by atoms with van der Waals surface area (Å²) in [5.74, 6) is 0.0190. The average Bonchev–Trinajstić information content (AvgIpc) is 3.32. The minimum atomic E-state index is -0.463. The van der Waals surface area contributed by atoms with E-state index in [1.807, 2.05) is 37.5 Å². The minimum absolute atomic E-state index is 0.0190. The van der Waals surface area contributed by atoms with Gasteiger partial charge < -0.3 is 15.2 Å². The van der Waals surface area contributed by atoms with Crippen LogP contribution < -0.4 is 5.32 Å². The Kier molecular flexibility index (Phi) is 5.02. The highest BCUT2D eigenvalue weighted by Gasteiger charge is 2.46. The average molecular weight is 418 g/mol. The molecule has 0 saturated heterocycles. The first-order valence-corrected chi connectivity index (χ1v) is 10.8. The lowest BCUT2D eigenvalue weighted by atomic mass is 9.63. The third kappa shape index (κ3) is 3.41. The van der Waals surface area contributed by atoms with E-state index in [1.165, 1.54) is 22.3 Å². The molecule has 0 bridgehead atoms. The third-order valence-corrected chi connectivity index (χ3v) is 6.94. The highest BCUT2D eigenvalue weighted by molar-refractivity contribution is 5.79. The fraction of sp³-hybridized carbons (Fsp3) is 0.360. The number of fused-ring (bicyclic) bond motifs is 3. The molecule has 3 aromatic rings. The van der Waals surface area contributed by atoms with E-state index < -0.39 is 6.09 Å². The molecule has 5 rings (SSSR count). The standard InChI is InChI=1S/C25H27N3O3/c1-28-14-17(13-26-28)23(25(16-29)11-6-12-25)27-24(30)31-15-22-20-9-4-2-7-18(20)19-8-3-5-10-21(19)22/h2-5,7-10,13-14,22-23,29H,6,11-12,15-16H2,1H3,(H,27,30). The molecule has 6 nitrogen and oxygen atoms in total. The molecule has 0 radical (unpaired) electrons. The summed E-state index contributed by atoms with van der Waals surface area (Å²) in [5, 5.41) is 17.4. The van der Waals surface area contributed by atoms with Crippen LogP contribution in [0.1, 0.15) is 47.9 Å². The van der Waals surface area contributed by atoms with Gasteiger partial charge in [0, 0.05) is 30.1 Å². The first kappa shape index (κ1) is 19.8. The summed E-state index contributed by atoms with van der Waals surface area (Å²) in [7, 11) is 1.85. The van der Waals surface area contributed by atoms with Gasteiger partial charge in [-0.1, -0.05) is 55.0 Å². The predicted molar refractivity (Wildman–Crippen MR) is 118 cm³/mol. The smallest absolute Gasteiger partial charge is 0.407 e. The van der Waals surface area contributed by atoms with Crippen LogP contribution in [-0.2, 0) is 11.8 Å². The van der Waals surface area contributed by atoms with Crippen LogP contribution in [-0.4, -0.2) is 34.2 Å². The Labute approximate surface area is 181 Å². The van der Waals surface area contributed by atoms with Crippen molar-refractivity contribution < 1.29 is 14.6 Å². The lowest BCUT2D eigenvalue weighted by molar-refractivity contribution is 0.00441. The first-order chi connectivity index (χ1) is 15.1. The van der Waals surface area contributed by atoms with Gasteiger partial charge in [-0.15, -0.1) is 0 Å². The lowest BCUT2D eigenvalue weighted by Gasteiger charge is -2.46. The van der Waals surface area contributed by atoms with Gasteiger partial charge in [-0.3, -0.25) is 4.68 Å². The van der Waals surface area contributed by atoms with Crippen LogP contribution in [0.15, 0.2) is 60.9 Å². The number of aryl methyl sites for hydroxylation is 1. The number of nitrogens with zero attached hydrogens (tertiary/aromatic N) is 2. The van der Waals surface area contributed by atoms with E-state index in [0.717, 1.165) is 24.8 Å². The Balaban J connectivity index is 1.33. The maximum absolute atomic E-state index is 12.9. The zero-order chi connectivity index (χ0) is 21.4. The molecule has 1 aromatic heterocycles. The molecule has 2 aromatic carbocycles. The van der Waals surface area contributed by atoms with Crippen molar-refractivity contribution in [2.75, 3.05) is 13.2 Å². The summed E-state index contributed by atoms with van der Waals surface area (Å²) < 4.78 is 7.46. The molecule has 31 heavy (non-hydrogen) atoms. The SMILES string of the molecule is Cn1cc(C(NC(=O)OCC2c3ccccc3-c3ccccc32)C2(CO)CCC2)cn1. The molecule has 1 unspecified atom stereocenters. The second kappa shape index (κ2) is 7.85. The zero-order valence-corrected chi connectivity index (χ0v) is 17.6. The number of carbonyl (C=O) groups is 1. The normalized spacial score (nSPS) is 17.4. The fourth-order valence-electron chi connectivity index (χ4n) is 5.11. The Bertz CT molecular complexity index is 1050. The van der Waals surface area contributed by atoms with Crippen LogP contribution in [0.5, 0.6) is 0 Å². The monoisotopic (exact) mass is 417 g/mol. The summed E-state index contributed by atoms with van der Waals surface area (Å²) in [6.07, 6.45) is 5.97. The second-order valence-corrected chi connectivity index (χ2v) is 8.72. The number of hydrogen-bond donors (Lipinski definition) is 2. The van der Waals surface area contributed by atoms with Gasteiger partial charge >= 0.3 is 6.09 Å². The third-order valence-electron chi connectivity index (χ3n) is 6.94. The molecule has 1 amide bonds. The van der Waals surface area contributed by atoms with E-state index in [9.17, 15) is 9.90 Å². The number of aliphatic hydroxyl groups is 1. The van der Waals surface area contributed by atoms with Gasteiger partial charge in [-0.25, -0.2) is 4.79 Å². The maximum Gasteiger partial charge on any atom is 0.407 e. The van der Waals surface area contributed by atoms with Crippen molar-refractivity contribution in [1.29, 1.82) is 0 Å². The minimum Gasteiger partial charge on any atom is -0.449 e. The molecule has 1 atom stereocenters. The Morgan fingerprint density at radius 1 is 1.19 bits per heavy atom. The molecule has 0 aliphatic heterocycles. The molecule has 160 valence electrons. The molecular formula is C25H27N3O3. The number of rotatable bonds is 6. The molecule has 1 saturated carbocycles. The van der Waals surface area contributed by atoms with Gasteiger partial charge in [0.2, 0.25) is 0 Å². The van der Waals surface area contributed by atoms with E-state index in [1.54, 1.807) is 10.9 Å². The largest absolute Gasteiger partial charge is 0.449 e. The molecule has 2 N–H and O–H groups in total. The number of amides is 1. The van der Waals surface area contributed by atoms with Crippen LogP contribution in [0.4, 0.5) is 4.79 Å². The topological polar surface area (TPSA) is 76.4 Å². The molecule has 2 aliphatic carbocycles. The summed E-state index contributed by atoms with van der Waals surface area (Å²) in [6.45, 7) is 0.294. The van der Waals surface area contributed by atoms with Gasteiger partial charge in [-0.2, -0.15) is 5.10 Å². The number of ether oxygens (including phenoxy) is 1. The summed E-state index contributed by atoms with van der Waals surface area (Å²) in [6, 6.07) is 16.3. The number of aliphatic hydroxyl groups excluding tert-OH is 1. The number of carbonyl (C=O) groups excluding carboxylic acids is 1. The van der Waals surface area contributed by atoms with E-state index in [4.69, 9.17) is 4.74 Å². The van der Waals surface area contributed by atoms with Crippen LogP contribution in [0, 0.1) is 5.41 Å². The quantitative estimate of drug-likeness (QED) is 0.631. The first-order valence-electron chi connectivity index (χ1n) is 10.8. The Morgan fingerprint density at radius 2 is 1.84 bits per heavy atom. The van der Waals surface area contributed by atoms with Crippen molar-refractivity contribution in [3.63, 3.8) is 0 Å². The molecule has 0 spiro atoms. The van der Waals surface area contributed by atoms with Gasteiger partial charge in [0.05, 0.1) is 18.8 Å². The highest BCUT2D eigenvalue weighted by Crippen LogP contribution is 2.50. The molecule has 1 fully saturated rings. The van der Waals surface area contributed by atoms with Gasteiger partial charge in [-0.05, 0) is 35.1 Å². The van der Waals surface area contributed by atoms with Crippen LogP contribution in [0.25, 0.3) is 11.1 Å². The van der Waals surface area contributed by atoms with Crippen molar-refractivity contribution in [2.45, 2.75) is 31.2 Å². The van der Waals surface area contributed by atoms with Crippen molar-refractivity contribution in [1.82, 2.24) is 15.1 Å². The van der Waals surface area contributed by atoms with E-state index in [0.29, 0.717) is 0 Å². The molecule has 6 heteroatoms. The van der Waals surface area contributed by atoms with Crippen LogP contribution in [0.3, 0.4) is 0 Å². The number of aromatic nitrogens is 2. The predicted octanol–water partition coefficient (Wildman–Crippen LogP) is 4.16. The Morgan fingerprint density at radius 3 is 2.35 bits per heavy atom. The van der Waals surface area contributed by atoms with Crippen molar-refractivity contribution >= 4 is 6.09 Å². The van der Waals surface area contributed by atoms with Crippen molar-refractivity contribution in [2.24, 2.45) is 12.5 Å². The van der Waals surface area contributed by atoms with Crippen LogP contribution in [0.2, 0.25) is 0 Å². The highest BCUT2D eigenvalue weighted by atomic mass is 16.5. The maximum atomic E-state index is 12.9. The number of benzene rings is 2. The number of hydrogen-bond acceptors (Lipinski definition) is 4. The Hall–Kier alpha value is -3.12. The summed E-state index contributed by atoms with van der Waals surface area (Å²) in [4.78, 5) is 12.9. The van der Waals surface area contributed by atoms with Gasteiger partial charge in [0.15, 0.2) is 0 Å².